The van der Waals surface area contributed by atoms with E-state index in [1.54, 1.807) is 0 Å². The lowest BCUT2D eigenvalue weighted by molar-refractivity contribution is -0.142. The third kappa shape index (κ3) is 3.90. The third-order valence-corrected chi connectivity index (χ3v) is 2.05. The van der Waals surface area contributed by atoms with Gasteiger partial charge in [0.05, 0.1) is 7.11 Å². The molecule has 1 aromatic carbocycles. The van der Waals surface area contributed by atoms with E-state index in [1.165, 1.54) is 32.2 Å². The van der Waals surface area contributed by atoms with Crippen LogP contribution in [0.4, 0.5) is 0 Å². The first kappa shape index (κ1) is 16.2. The van der Waals surface area contributed by atoms with Gasteiger partial charge in [-0.15, -0.1) is 12.4 Å². The fourth-order valence-corrected chi connectivity index (χ4v) is 1.23. The highest BCUT2D eigenvalue weighted by molar-refractivity contribution is 5.85. The molecule has 0 aliphatic rings. The summed E-state index contributed by atoms with van der Waals surface area (Å²) in [6.07, 6.45) is 0. The molecule has 100 valence electrons. The van der Waals surface area contributed by atoms with Crippen LogP contribution in [0.2, 0.25) is 0 Å². The number of aromatic hydroxyl groups is 1. The zero-order valence-corrected chi connectivity index (χ0v) is 10.7. The van der Waals surface area contributed by atoms with Gasteiger partial charge in [0.1, 0.15) is 6.04 Å². The summed E-state index contributed by atoms with van der Waals surface area (Å²) in [5, 5.41) is 9.56. The lowest BCUT2D eigenvalue weighted by atomic mass is 10.1. The standard InChI is InChI=1S/C11H13NO5.ClH/c1-6(13)17-9-4-3-7(5-8(9)14)10(12)11(15)16-2;/h3-5,10,14H,12H2,1-2H3;1H/t10-;/m0./s1. The minimum Gasteiger partial charge on any atom is -0.504 e. The Kier molecular flexibility index (Phi) is 6.15. The molecule has 0 spiro atoms. The molecule has 0 aliphatic carbocycles. The van der Waals surface area contributed by atoms with Crippen LogP contribution in [0, 0.1) is 0 Å². The first-order valence-electron chi connectivity index (χ1n) is 4.80. The summed E-state index contributed by atoms with van der Waals surface area (Å²) in [5.41, 5.74) is 5.94. The number of carbonyl (C=O) groups excluding carboxylic acids is 2. The normalized spacial score (nSPS) is 11.1. The van der Waals surface area contributed by atoms with E-state index in [9.17, 15) is 14.7 Å². The van der Waals surface area contributed by atoms with Gasteiger partial charge in [0, 0.05) is 6.92 Å². The van der Waals surface area contributed by atoms with Crippen LogP contribution in [0.5, 0.6) is 11.5 Å². The van der Waals surface area contributed by atoms with E-state index in [0.717, 1.165) is 0 Å². The monoisotopic (exact) mass is 275 g/mol. The molecule has 1 rings (SSSR count). The summed E-state index contributed by atoms with van der Waals surface area (Å²) in [4.78, 5) is 21.9. The first-order valence-corrected chi connectivity index (χ1v) is 4.80. The molecule has 0 bridgehead atoms. The highest BCUT2D eigenvalue weighted by Crippen LogP contribution is 2.29. The molecule has 0 heterocycles. The predicted molar refractivity (Wildman–Crippen MR) is 65.6 cm³/mol. The second-order valence-corrected chi connectivity index (χ2v) is 3.32. The van der Waals surface area contributed by atoms with Crippen molar-refractivity contribution in [1.82, 2.24) is 0 Å². The van der Waals surface area contributed by atoms with E-state index >= 15 is 0 Å². The van der Waals surface area contributed by atoms with Crippen molar-refractivity contribution in [3.63, 3.8) is 0 Å². The van der Waals surface area contributed by atoms with Crippen LogP contribution < -0.4 is 10.5 Å². The van der Waals surface area contributed by atoms with Crippen molar-refractivity contribution in [2.45, 2.75) is 13.0 Å². The number of benzene rings is 1. The van der Waals surface area contributed by atoms with Crippen LogP contribution >= 0.6 is 12.4 Å². The predicted octanol–water partition coefficient (Wildman–Crippen LogP) is 0.912. The zero-order valence-electron chi connectivity index (χ0n) is 9.88. The molecule has 1 atom stereocenters. The van der Waals surface area contributed by atoms with Gasteiger partial charge < -0.3 is 20.3 Å². The molecule has 1 aromatic rings. The number of phenolic OH excluding ortho intramolecular Hbond substituents is 1. The molecule has 0 aromatic heterocycles. The fourth-order valence-electron chi connectivity index (χ4n) is 1.23. The summed E-state index contributed by atoms with van der Waals surface area (Å²) in [5.74, 6) is -1.43. The molecule has 18 heavy (non-hydrogen) atoms. The molecule has 0 saturated heterocycles. The van der Waals surface area contributed by atoms with Gasteiger partial charge in [0.25, 0.3) is 0 Å². The topological polar surface area (TPSA) is 98.9 Å². The van der Waals surface area contributed by atoms with Crippen molar-refractivity contribution < 1.29 is 24.2 Å². The molecule has 0 fully saturated rings. The molecule has 0 aliphatic heterocycles. The van der Waals surface area contributed by atoms with Gasteiger partial charge >= 0.3 is 11.9 Å². The average Bonchev–Trinajstić information content (AvgIpc) is 2.29. The molecular weight excluding hydrogens is 262 g/mol. The van der Waals surface area contributed by atoms with Crippen LogP contribution in [-0.2, 0) is 14.3 Å². The van der Waals surface area contributed by atoms with Crippen LogP contribution in [0.25, 0.3) is 0 Å². The number of hydrogen-bond donors (Lipinski definition) is 2. The first-order chi connectivity index (χ1) is 7.95. The Balaban J connectivity index is 0.00000289. The Labute approximate surface area is 110 Å². The maximum atomic E-state index is 11.2. The molecular formula is C11H14ClNO5. The molecule has 0 radical (unpaired) electrons. The van der Waals surface area contributed by atoms with Gasteiger partial charge in [-0.3, -0.25) is 9.59 Å². The highest BCUT2D eigenvalue weighted by Gasteiger charge is 2.18. The van der Waals surface area contributed by atoms with Crippen LogP contribution in [0.3, 0.4) is 0 Å². The summed E-state index contributed by atoms with van der Waals surface area (Å²) in [6, 6.07) is 3.09. The summed E-state index contributed by atoms with van der Waals surface area (Å²) < 4.78 is 9.19. The van der Waals surface area contributed by atoms with Crippen molar-refractivity contribution in [2.75, 3.05) is 7.11 Å². The van der Waals surface area contributed by atoms with Gasteiger partial charge in [-0.2, -0.15) is 0 Å². The van der Waals surface area contributed by atoms with Gasteiger partial charge in [-0.05, 0) is 17.7 Å². The van der Waals surface area contributed by atoms with Crippen molar-refractivity contribution in [2.24, 2.45) is 5.73 Å². The Morgan fingerprint density at radius 1 is 1.39 bits per heavy atom. The smallest absolute Gasteiger partial charge is 0.327 e. The third-order valence-electron chi connectivity index (χ3n) is 2.05. The van der Waals surface area contributed by atoms with Gasteiger partial charge in [0.2, 0.25) is 0 Å². The van der Waals surface area contributed by atoms with Crippen molar-refractivity contribution in [3.05, 3.63) is 23.8 Å². The summed E-state index contributed by atoms with van der Waals surface area (Å²) in [7, 11) is 1.22. The Bertz CT molecular complexity index is 449. The Hall–Kier alpha value is -1.79. The molecule has 0 amide bonds. The Morgan fingerprint density at radius 3 is 2.44 bits per heavy atom. The second-order valence-electron chi connectivity index (χ2n) is 3.32. The van der Waals surface area contributed by atoms with Gasteiger partial charge in [-0.1, -0.05) is 6.07 Å². The van der Waals surface area contributed by atoms with E-state index in [1.807, 2.05) is 0 Å². The molecule has 7 heteroatoms. The number of hydrogen-bond acceptors (Lipinski definition) is 6. The number of carbonyl (C=O) groups is 2. The van der Waals surface area contributed by atoms with E-state index in [-0.39, 0.29) is 23.9 Å². The lowest BCUT2D eigenvalue weighted by Crippen LogP contribution is -2.22. The van der Waals surface area contributed by atoms with Crippen LogP contribution in [0.1, 0.15) is 18.5 Å². The minimum absolute atomic E-state index is 0. The van der Waals surface area contributed by atoms with E-state index in [0.29, 0.717) is 5.56 Å². The minimum atomic E-state index is -0.989. The van der Waals surface area contributed by atoms with Crippen molar-refractivity contribution in [1.29, 1.82) is 0 Å². The number of methoxy groups -OCH3 is 1. The number of halogens is 1. The van der Waals surface area contributed by atoms with E-state index in [2.05, 4.69) is 4.74 Å². The quantitative estimate of drug-likeness (QED) is 0.628. The van der Waals surface area contributed by atoms with Crippen molar-refractivity contribution >= 4 is 24.3 Å². The SMILES string of the molecule is COC(=O)[C@@H](N)c1ccc(OC(C)=O)c(O)c1.Cl. The number of nitrogens with two attached hydrogens (primary N) is 1. The number of phenols is 1. The molecule has 0 unspecified atom stereocenters. The van der Waals surface area contributed by atoms with Crippen molar-refractivity contribution in [3.8, 4) is 11.5 Å². The maximum absolute atomic E-state index is 11.2. The summed E-state index contributed by atoms with van der Waals surface area (Å²) >= 11 is 0. The van der Waals surface area contributed by atoms with Gasteiger partial charge in [-0.25, -0.2) is 0 Å². The zero-order chi connectivity index (χ0) is 13.0. The summed E-state index contributed by atoms with van der Waals surface area (Å²) in [6.45, 7) is 1.22. The highest BCUT2D eigenvalue weighted by atomic mass is 35.5. The second kappa shape index (κ2) is 6.83. The Morgan fingerprint density at radius 2 is 2.00 bits per heavy atom. The molecule has 0 saturated carbocycles. The van der Waals surface area contributed by atoms with Gasteiger partial charge in [0.15, 0.2) is 11.5 Å². The molecule has 3 N–H and O–H groups in total. The fraction of sp³-hybridized carbons (Fsp3) is 0.273. The van der Waals surface area contributed by atoms with Crippen LogP contribution in [-0.4, -0.2) is 24.2 Å². The number of rotatable bonds is 3. The van der Waals surface area contributed by atoms with Crippen LogP contribution in [0.15, 0.2) is 18.2 Å². The van der Waals surface area contributed by atoms with E-state index < -0.39 is 18.0 Å². The number of ether oxygens (including phenoxy) is 2. The van der Waals surface area contributed by atoms with E-state index in [4.69, 9.17) is 10.5 Å². The molecule has 6 nitrogen and oxygen atoms in total. The maximum Gasteiger partial charge on any atom is 0.327 e. The number of esters is 2. The average molecular weight is 276 g/mol. The lowest BCUT2D eigenvalue weighted by Gasteiger charge is -2.11. The largest absolute Gasteiger partial charge is 0.504 e.